The first-order valence-corrected chi connectivity index (χ1v) is 9.21. The van der Waals surface area contributed by atoms with Crippen LogP contribution >= 0.6 is 0 Å². The maximum absolute atomic E-state index is 12.5. The zero-order chi connectivity index (χ0) is 19.5. The van der Waals surface area contributed by atoms with Crippen LogP contribution in [-0.2, 0) is 11.3 Å². The van der Waals surface area contributed by atoms with Crippen molar-refractivity contribution in [3.8, 4) is 0 Å². The smallest absolute Gasteiger partial charge is 0.410 e. The first-order chi connectivity index (χ1) is 13.6. The van der Waals surface area contributed by atoms with Gasteiger partial charge in [0.2, 0.25) is 0 Å². The minimum Gasteiger partial charge on any atom is -0.445 e. The Labute approximate surface area is 161 Å². The molecule has 0 aliphatic carbocycles. The number of H-pyrrole nitrogens is 1. The summed E-state index contributed by atoms with van der Waals surface area (Å²) in [6, 6.07) is 9.59. The number of hydrogen-bond donors (Lipinski definition) is 2. The summed E-state index contributed by atoms with van der Waals surface area (Å²) in [5.74, 6) is 0.197. The van der Waals surface area contributed by atoms with Gasteiger partial charge in [0.15, 0.2) is 0 Å². The number of hydrogen-bond acceptors (Lipinski definition) is 5. The lowest BCUT2D eigenvalue weighted by Crippen LogP contribution is -2.39. The van der Waals surface area contributed by atoms with Crippen molar-refractivity contribution in [1.29, 1.82) is 0 Å². The van der Waals surface area contributed by atoms with Gasteiger partial charge in [0.05, 0.1) is 17.3 Å². The largest absolute Gasteiger partial charge is 0.445 e. The second-order valence-corrected chi connectivity index (χ2v) is 6.89. The number of ether oxygens (including phenoxy) is 1. The van der Waals surface area contributed by atoms with E-state index < -0.39 is 5.91 Å². The number of primary amides is 1. The van der Waals surface area contributed by atoms with Crippen molar-refractivity contribution in [2.45, 2.75) is 25.4 Å². The summed E-state index contributed by atoms with van der Waals surface area (Å²) >= 11 is 0. The van der Waals surface area contributed by atoms with Crippen LogP contribution < -0.4 is 5.73 Å². The molecule has 0 bridgehead atoms. The van der Waals surface area contributed by atoms with Crippen LogP contribution in [0.5, 0.6) is 0 Å². The molecule has 3 aromatic rings. The number of carbonyl (C=O) groups is 2. The molecular weight excluding hydrogens is 358 g/mol. The quantitative estimate of drug-likeness (QED) is 0.723. The number of carbonyl (C=O) groups excluding carboxylic acids is 2. The number of piperidine rings is 1. The van der Waals surface area contributed by atoms with Crippen molar-refractivity contribution >= 4 is 23.0 Å². The fourth-order valence-corrected chi connectivity index (χ4v) is 3.50. The van der Waals surface area contributed by atoms with Gasteiger partial charge in [-0.25, -0.2) is 9.78 Å². The summed E-state index contributed by atoms with van der Waals surface area (Å²) in [7, 11) is 0. The first-order valence-electron chi connectivity index (χ1n) is 9.21. The topological polar surface area (TPSA) is 114 Å². The van der Waals surface area contributed by atoms with E-state index in [-0.39, 0.29) is 24.2 Å². The number of pyridine rings is 1. The number of imidazole rings is 1. The molecule has 1 atom stereocenters. The zero-order valence-corrected chi connectivity index (χ0v) is 15.3. The van der Waals surface area contributed by atoms with Gasteiger partial charge in [-0.1, -0.05) is 30.3 Å². The minimum atomic E-state index is -0.564. The fraction of sp³-hybridized carbons (Fsp3) is 0.300. The standard InChI is InChI=1S/C20H21N5O3/c21-18(26)15-9-22-10-16-17(15)24-19(23-16)14-7-4-8-25(11-14)20(27)28-12-13-5-2-1-3-6-13/h1-3,5-6,9-10,14H,4,7-8,11-12H2,(H2,21,26)(H,23,24). The van der Waals surface area contributed by atoms with Crippen LogP contribution in [0, 0.1) is 0 Å². The number of likely N-dealkylation sites (tertiary alicyclic amines) is 1. The number of nitrogens with one attached hydrogen (secondary N) is 1. The molecule has 0 saturated carbocycles. The van der Waals surface area contributed by atoms with Gasteiger partial charge in [-0.2, -0.15) is 0 Å². The summed E-state index contributed by atoms with van der Waals surface area (Å²) in [6.07, 6.45) is 4.45. The van der Waals surface area contributed by atoms with Crippen LogP contribution in [0.1, 0.15) is 40.5 Å². The van der Waals surface area contributed by atoms with Crippen LogP contribution in [0.15, 0.2) is 42.7 Å². The van der Waals surface area contributed by atoms with Crippen LogP contribution in [0.3, 0.4) is 0 Å². The Morgan fingerprint density at radius 3 is 2.86 bits per heavy atom. The van der Waals surface area contributed by atoms with Crippen molar-refractivity contribution in [2.24, 2.45) is 5.73 Å². The normalized spacial score (nSPS) is 16.9. The summed E-state index contributed by atoms with van der Waals surface area (Å²) in [6.45, 7) is 1.41. The average Bonchev–Trinajstić information content (AvgIpc) is 3.17. The van der Waals surface area contributed by atoms with E-state index in [1.54, 1.807) is 11.1 Å². The maximum atomic E-state index is 12.5. The molecule has 8 nitrogen and oxygen atoms in total. The molecule has 1 aliphatic heterocycles. The second kappa shape index (κ2) is 7.67. The highest BCUT2D eigenvalue weighted by atomic mass is 16.6. The zero-order valence-electron chi connectivity index (χ0n) is 15.3. The number of fused-ring (bicyclic) bond motifs is 1. The average molecular weight is 379 g/mol. The number of nitrogens with two attached hydrogens (primary N) is 1. The lowest BCUT2D eigenvalue weighted by Gasteiger charge is -2.31. The molecule has 1 aromatic carbocycles. The number of nitrogens with zero attached hydrogens (tertiary/aromatic N) is 3. The number of aromatic amines is 1. The van der Waals surface area contributed by atoms with E-state index in [4.69, 9.17) is 10.5 Å². The fourth-order valence-electron chi connectivity index (χ4n) is 3.50. The third-order valence-electron chi connectivity index (χ3n) is 4.95. The molecule has 1 fully saturated rings. The van der Waals surface area contributed by atoms with Gasteiger partial charge < -0.3 is 20.4 Å². The van der Waals surface area contributed by atoms with Gasteiger partial charge >= 0.3 is 6.09 Å². The van der Waals surface area contributed by atoms with Crippen LogP contribution in [0.4, 0.5) is 4.79 Å². The Morgan fingerprint density at radius 2 is 2.07 bits per heavy atom. The van der Waals surface area contributed by atoms with Crippen LogP contribution in [0.25, 0.3) is 11.0 Å². The van der Waals surface area contributed by atoms with E-state index in [1.165, 1.54) is 6.20 Å². The summed E-state index contributed by atoms with van der Waals surface area (Å²) in [4.78, 5) is 37.6. The Hall–Kier alpha value is -3.42. The predicted molar refractivity (Wildman–Crippen MR) is 103 cm³/mol. The highest BCUT2D eigenvalue weighted by Crippen LogP contribution is 2.27. The molecule has 28 heavy (non-hydrogen) atoms. The van der Waals surface area contributed by atoms with Crippen LogP contribution in [-0.4, -0.2) is 44.9 Å². The van der Waals surface area contributed by atoms with E-state index in [9.17, 15) is 9.59 Å². The van der Waals surface area contributed by atoms with Gasteiger partial charge in [-0.15, -0.1) is 0 Å². The van der Waals surface area contributed by atoms with Crippen molar-refractivity contribution in [3.63, 3.8) is 0 Å². The number of benzene rings is 1. The van der Waals surface area contributed by atoms with E-state index in [0.29, 0.717) is 24.1 Å². The van der Waals surface area contributed by atoms with E-state index >= 15 is 0 Å². The minimum absolute atomic E-state index is 0.0335. The van der Waals surface area contributed by atoms with Crippen LogP contribution in [0.2, 0.25) is 0 Å². The molecule has 1 saturated heterocycles. The lowest BCUT2D eigenvalue weighted by atomic mass is 9.98. The molecule has 4 rings (SSSR count). The summed E-state index contributed by atoms with van der Waals surface area (Å²) in [5.41, 5.74) is 7.82. The van der Waals surface area contributed by atoms with Crippen molar-refractivity contribution < 1.29 is 14.3 Å². The Morgan fingerprint density at radius 1 is 1.25 bits per heavy atom. The number of aromatic nitrogens is 3. The Balaban J connectivity index is 1.46. The molecule has 144 valence electrons. The van der Waals surface area contributed by atoms with Crippen molar-refractivity contribution in [2.75, 3.05) is 13.1 Å². The monoisotopic (exact) mass is 379 g/mol. The number of amides is 2. The molecule has 0 radical (unpaired) electrons. The molecule has 2 amide bonds. The van der Waals surface area contributed by atoms with E-state index in [2.05, 4.69) is 15.0 Å². The van der Waals surface area contributed by atoms with Crippen molar-refractivity contribution in [3.05, 3.63) is 59.7 Å². The molecule has 8 heteroatoms. The molecule has 1 aliphatic rings. The SMILES string of the molecule is NC(=O)c1cncc2[nH]c(C3CCCN(C(=O)OCc4ccccc4)C3)nc12. The molecule has 0 spiro atoms. The third-order valence-corrected chi connectivity index (χ3v) is 4.95. The summed E-state index contributed by atoms with van der Waals surface area (Å²) in [5, 5.41) is 0. The predicted octanol–water partition coefficient (Wildman–Crippen LogP) is 2.57. The molecule has 3 heterocycles. The van der Waals surface area contributed by atoms with Gasteiger partial charge in [0, 0.05) is 25.2 Å². The Bertz CT molecular complexity index is 1000. The third kappa shape index (κ3) is 3.66. The maximum Gasteiger partial charge on any atom is 0.410 e. The van der Waals surface area contributed by atoms with Gasteiger partial charge in [0.25, 0.3) is 5.91 Å². The van der Waals surface area contributed by atoms with Gasteiger partial charge in [-0.3, -0.25) is 9.78 Å². The second-order valence-electron chi connectivity index (χ2n) is 6.89. The number of rotatable bonds is 4. The first kappa shape index (κ1) is 18.0. The molecular formula is C20H21N5O3. The van der Waals surface area contributed by atoms with Gasteiger partial charge in [-0.05, 0) is 18.4 Å². The molecule has 2 aromatic heterocycles. The van der Waals surface area contributed by atoms with Crippen molar-refractivity contribution in [1.82, 2.24) is 19.9 Å². The Kier molecular flexibility index (Phi) is 4.92. The summed E-state index contributed by atoms with van der Waals surface area (Å²) < 4.78 is 5.45. The van der Waals surface area contributed by atoms with E-state index in [1.807, 2.05) is 30.3 Å². The van der Waals surface area contributed by atoms with Gasteiger partial charge in [0.1, 0.15) is 17.9 Å². The van der Waals surface area contributed by atoms with E-state index in [0.717, 1.165) is 24.2 Å². The molecule has 1 unspecified atom stereocenters. The lowest BCUT2D eigenvalue weighted by molar-refractivity contribution is 0.0854. The highest BCUT2D eigenvalue weighted by molar-refractivity contribution is 6.03. The molecule has 3 N–H and O–H groups in total. The highest BCUT2D eigenvalue weighted by Gasteiger charge is 2.28.